The van der Waals surface area contributed by atoms with Gasteiger partial charge in [-0.25, -0.2) is 8.42 Å². The quantitative estimate of drug-likeness (QED) is 0.834. The van der Waals surface area contributed by atoms with Crippen LogP contribution in [-0.2, 0) is 16.6 Å². The highest BCUT2D eigenvalue weighted by molar-refractivity contribution is 9.10. The van der Waals surface area contributed by atoms with Crippen molar-refractivity contribution in [2.24, 2.45) is 0 Å². The fourth-order valence-electron chi connectivity index (χ4n) is 1.85. The van der Waals surface area contributed by atoms with E-state index in [2.05, 4.69) is 26.0 Å². The molecule has 22 heavy (non-hydrogen) atoms. The number of carbonyl (C=O) groups is 1. The maximum Gasteiger partial charge on any atom is 0.251 e. The number of carbonyl (C=O) groups excluding carboxylic acids is 1. The van der Waals surface area contributed by atoms with Gasteiger partial charge in [0.15, 0.2) is 0 Å². The summed E-state index contributed by atoms with van der Waals surface area (Å²) in [6.07, 6.45) is 1.09. The second kappa shape index (κ2) is 6.93. The van der Waals surface area contributed by atoms with Crippen LogP contribution in [0.3, 0.4) is 0 Å². The van der Waals surface area contributed by atoms with Gasteiger partial charge in [-0.3, -0.25) is 9.52 Å². The molecular formula is C15H15BrN2O3S. The van der Waals surface area contributed by atoms with E-state index in [1.165, 1.54) is 0 Å². The number of para-hydroxylation sites is 1. The molecule has 2 N–H and O–H groups in total. The summed E-state index contributed by atoms with van der Waals surface area (Å²) in [6, 6.07) is 13.9. The Bertz CT molecular complexity index is 774. The number of benzene rings is 2. The van der Waals surface area contributed by atoms with Gasteiger partial charge in [-0.2, -0.15) is 0 Å². The number of sulfonamides is 1. The van der Waals surface area contributed by atoms with Crippen molar-refractivity contribution in [2.45, 2.75) is 6.54 Å². The Hall–Kier alpha value is -1.86. The maximum absolute atomic E-state index is 12.1. The van der Waals surface area contributed by atoms with Crippen LogP contribution in [0, 0.1) is 0 Å². The van der Waals surface area contributed by atoms with Crippen molar-refractivity contribution in [2.75, 3.05) is 11.0 Å². The molecule has 0 unspecified atom stereocenters. The monoisotopic (exact) mass is 382 g/mol. The Morgan fingerprint density at radius 2 is 1.73 bits per heavy atom. The molecule has 0 saturated carbocycles. The van der Waals surface area contributed by atoms with E-state index in [0.29, 0.717) is 16.8 Å². The third kappa shape index (κ3) is 4.85. The number of rotatable bonds is 5. The lowest BCUT2D eigenvalue weighted by molar-refractivity contribution is 0.0951. The molecule has 1 amide bonds. The lowest BCUT2D eigenvalue weighted by Crippen LogP contribution is -2.23. The molecule has 0 fully saturated rings. The summed E-state index contributed by atoms with van der Waals surface area (Å²) >= 11 is 3.31. The molecule has 0 atom stereocenters. The van der Waals surface area contributed by atoms with E-state index in [1.54, 1.807) is 48.5 Å². The van der Waals surface area contributed by atoms with E-state index in [4.69, 9.17) is 0 Å². The highest BCUT2D eigenvalue weighted by Crippen LogP contribution is 2.16. The zero-order chi connectivity index (χ0) is 16.2. The lowest BCUT2D eigenvalue weighted by atomic mass is 10.1. The van der Waals surface area contributed by atoms with Gasteiger partial charge in [0.2, 0.25) is 10.0 Å². The molecule has 0 bridgehead atoms. The zero-order valence-electron chi connectivity index (χ0n) is 11.8. The molecule has 7 heteroatoms. The Kier molecular flexibility index (Phi) is 5.20. The molecule has 2 aromatic carbocycles. The van der Waals surface area contributed by atoms with Crippen LogP contribution >= 0.6 is 15.9 Å². The molecule has 2 aromatic rings. The van der Waals surface area contributed by atoms with Crippen molar-refractivity contribution < 1.29 is 13.2 Å². The van der Waals surface area contributed by atoms with E-state index in [1.807, 2.05) is 0 Å². The Morgan fingerprint density at radius 3 is 2.36 bits per heavy atom. The summed E-state index contributed by atoms with van der Waals surface area (Å²) in [6.45, 7) is 0.230. The fourth-order valence-corrected chi connectivity index (χ4v) is 2.72. The average molecular weight is 383 g/mol. The first-order valence-electron chi connectivity index (χ1n) is 6.44. The smallest absolute Gasteiger partial charge is 0.251 e. The van der Waals surface area contributed by atoms with Crippen LogP contribution in [0.2, 0.25) is 0 Å². The highest BCUT2D eigenvalue weighted by atomic mass is 79.9. The molecular weight excluding hydrogens is 368 g/mol. The average Bonchev–Trinajstić information content (AvgIpc) is 2.45. The molecule has 0 heterocycles. The van der Waals surface area contributed by atoms with Gasteiger partial charge in [-0.15, -0.1) is 0 Å². The van der Waals surface area contributed by atoms with Gasteiger partial charge in [0.1, 0.15) is 0 Å². The minimum atomic E-state index is -3.36. The van der Waals surface area contributed by atoms with E-state index in [9.17, 15) is 13.2 Å². The van der Waals surface area contributed by atoms with Crippen LogP contribution in [-0.4, -0.2) is 20.6 Å². The summed E-state index contributed by atoms with van der Waals surface area (Å²) in [5.41, 5.74) is 1.69. The number of nitrogens with one attached hydrogen (secondary N) is 2. The highest BCUT2D eigenvalue weighted by Gasteiger charge is 2.09. The van der Waals surface area contributed by atoms with Crippen molar-refractivity contribution in [1.82, 2.24) is 5.32 Å². The second-order valence-electron chi connectivity index (χ2n) is 4.72. The molecule has 0 saturated heterocycles. The van der Waals surface area contributed by atoms with Crippen LogP contribution in [0.15, 0.2) is 53.0 Å². The number of hydrogen-bond donors (Lipinski definition) is 2. The number of anilines is 1. The van der Waals surface area contributed by atoms with Crippen molar-refractivity contribution in [1.29, 1.82) is 0 Å². The summed E-state index contributed by atoms with van der Waals surface area (Å²) in [4.78, 5) is 12.1. The predicted molar refractivity (Wildman–Crippen MR) is 90.2 cm³/mol. The summed E-state index contributed by atoms with van der Waals surface area (Å²) < 4.78 is 26.0. The van der Waals surface area contributed by atoms with E-state index < -0.39 is 10.0 Å². The SMILES string of the molecule is CS(=O)(=O)Nc1ccccc1CNC(=O)c1ccc(Br)cc1. The first kappa shape index (κ1) is 16.5. The van der Waals surface area contributed by atoms with Gasteiger partial charge in [0, 0.05) is 16.6 Å². The molecule has 0 aromatic heterocycles. The van der Waals surface area contributed by atoms with Crippen LogP contribution < -0.4 is 10.0 Å². The topological polar surface area (TPSA) is 75.3 Å². The Balaban J connectivity index is 2.08. The van der Waals surface area contributed by atoms with Gasteiger partial charge < -0.3 is 5.32 Å². The normalized spacial score (nSPS) is 11.0. The fraction of sp³-hybridized carbons (Fsp3) is 0.133. The predicted octanol–water partition coefficient (Wildman–Crippen LogP) is 2.75. The van der Waals surface area contributed by atoms with Crippen molar-refractivity contribution in [3.8, 4) is 0 Å². The first-order valence-corrected chi connectivity index (χ1v) is 9.13. The number of amides is 1. The van der Waals surface area contributed by atoms with Crippen molar-refractivity contribution >= 4 is 37.5 Å². The number of hydrogen-bond acceptors (Lipinski definition) is 3. The maximum atomic E-state index is 12.1. The van der Waals surface area contributed by atoms with Crippen LogP contribution in [0.1, 0.15) is 15.9 Å². The zero-order valence-corrected chi connectivity index (χ0v) is 14.2. The molecule has 0 aliphatic heterocycles. The molecule has 0 spiro atoms. The lowest BCUT2D eigenvalue weighted by Gasteiger charge is -2.11. The van der Waals surface area contributed by atoms with Crippen molar-refractivity contribution in [3.63, 3.8) is 0 Å². The van der Waals surface area contributed by atoms with E-state index in [0.717, 1.165) is 10.7 Å². The minimum absolute atomic E-state index is 0.221. The molecule has 2 rings (SSSR count). The summed E-state index contributed by atoms with van der Waals surface area (Å²) in [5.74, 6) is -0.221. The molecule has 116 valence electrons. The van der Waals surface area contributed by atoms with E-state index in [-0.39, 0.29) is 12.5 Å². The van der Waals surface area contributed by atoms with Crippen LogP contribution in [0.4, 0.5) is 5.69 Å². The Labute approximate surface area is 137 Å². The first-order chi connectivity index (χ1) is 10.3. The molecule has 5 nitrogen and oxygen atoms in total. The van der Waals surface area contributed by atoms with Gasteiger partial charge in [-0.05, 0) is 35.9 Å². The second-order valence-corrected chi connectivity index (χ2v) is 7.39. The molecule has 0 aliphatic rings. The summed E-state index contributed by atoms with van der Waals surface area (Å²) in [5, 5.41) is 2.77. The summed E-state index contributed by atoms with van der Waals surface area (Å²) in [7, 11) is -3.36. The van der Waals surface area contributed by atoms with Crippen LogP contribution in [0.25, 0.3) is 0 Å². The van der Waals surface area contributed by atoms with Crippen LogP contribution in [0.5, 0.6) is 0 Å². The molecule has 0 radical (unpaired) electrons. The number of halogens is 1. The van der Waals surface area contributed by atoms with E-state index >= 15 is 0 Å². The third-order valence-corrected chi connectivity index (χ3v) is 3.98. The standard InChI is InChI=1S/C15H15BrN2O3S/c1-22(20,21)18-14-5-3-2-4-12(14)10-17-15(19)11-6-8-13(16)9-7-11/h2-9,18H,10H2,1H3,(H,17,19). The largest absolute Gasteiger partial charge is 0.348 e. The molecule has 0 aliphatic carbocycles. The van der Waals surface area contributed by atoms with Crippen molar-refractivity contribution in [3.05, 3.63) is 64.1 Å². The minimum Gasteiger partial charge on any atom is -0.348 e. The van der Waals surface area contributed by atoms with Gasteiger partial charge in [0.05, 0.1) is 11.9 Å². The van der Waals surface area contributed by atoms with Gasteiger partial charge >= 0.3 is 0 Å². The van der Waals surface area contributed by atoms with Gasteiger partial charge in [-0.1, -0.05) is 34.1 Å². The third-order valence-electron chi connectivity index (χ3n) is 2.86. The Morgan fingerprint density at radius 1 is 1.09 bits per heavy atom. The van der Waals surface area contributed by atoms with Gasteiger partial charge in [0.25, 0.3) is 5.91 Å².